The summed E-state index contributed by atoms with van der Waals surface area (Å²) in [7, 11) is 0. The molecule has 0 radical (unpaired) electrons. The van der Waals surface area contributed by atoms with Crippen LogP contribution in [-0.2, 0) is 18.7 Å². The van der Waals surface area contributed by atoms with E-state index in [2.05, 4.69) is 11.7 Å². The normalized spacial score (nSPS) is 12.1. The Morgan fingerprint density at radius 1 is 0.651 bits per heavy atom. The highest BCUT2D eigenvalue weighted by molar-refractivity contribution is 6.32. The van der Waals surface area contributed by atoms with Gasteiger partial charge in [0.2, 0.25) is 0 Å². The number of hydrogen-bond donors (Lipinski definition) is 0. The average molecular weight is 631 g/mol. The van der Waals surface area contributed by atoms with E-state index >= 15 is 4.39 Å². The molecule has 0 aliphatic carbocycles. The zero-order valence-electron chi connectivity index (χ0n) is 22.6. The van der Waals surface area contributed by atoms with Gasteiger partial charge in [-0.3, -0.25) is 0 Å². The quantitative estimate of drug-likeness (QED) is 0.125. The SMILES string of the molecule is CCCCCCc1ccc(-c2ccc(-c3cc(F)c(OC(F)(F)c4cc(F)c(C(F)(F)F)c(F)c4)c(Cl)c3)c(F)c2)cc1. The van der Waals surface area contributed by atoms with Crippen molar-refractivity contribution in [1.29, 1.82) is 0 Å². The fraction of sp³-hybridized carbons (Fsp3) is 0.250. The lowest BCUT2D eigenvalue weighted by Crippen LogP contribution is -2.24. The second-order valence-electron chi connectivity index (χ2n) is 9.90. The van der Waals surface area contributed by atoms with Gasteiger partial charge in [0.05, 0.1) is 10.6 Å². The van der Waals surface area contributed by atoms with Crippen LogP contribution in [0.4, 0.5) is 39.5 Å². The van der Waals surface area contributed by atoms with E-state index < -0.39 is 57.5 Å². The summed E-state index contributed by atoms with van der Waals surface area (Å²) in [5.41, 5.74) is -1.82. The first kappa shape index (κ1) is 32.3. The van der Waals surface area contributed by atoms with Crippen LogP contribution in [0.15, 0.2) is 66.7 Å². The Balaban J connectivity index is 1.55. The maximum Gasteiger partial charge on any atom is 0.427 e. The number of ether oxygens (including phenoxy) is 1. The molecule has 0 heterocycles. The van der Waals surface area contributed by atoms with Crippen LogP contribution in [0.3, 0.4) is 0 Å². The molecule has 0 N–H and O–H groups in total. The molecule has 0 bridgehead atoms. The monoisotopic (exact) mass is 630 g/mol. The Bertz CT molecular complexity index is 1550. The Hall–Kier alpha value is -3.66. The largest absolute Gasteiger partial charge is 0.427 e. The molecular weight excluding hydrogens is 607 g/mol. The first-order valence-electron chi connectivity index (χ1n) is 13.2. The molecule has 0 amide bonds. The summed E-state index contributed by atoms with van der Waals surface area (Å²) in [6.45, 7) is 2.14. The van der Waals surface area contributed by atoms with Crippen molar-refractivity contribution in [3.8, 4) is 28.0 Å². The number of rotatable bonds is 10. The van der Waals surface area contributed by atoms with E-state index in [-0.39, 0.29) is 23.3 Å². The number of halogens is 10. The van der Waals surface area contributed by atoms with Crippen LogP contribution in [0.5, 0.6) is 5.75 Å². The molecule has 0 fully saturated rings. The van der Waals surface area contributed by atoms with Gasteiger partial charge in [-0.1, -0.05) is 74.2 Å². The molecule has 4 aromatic carbocycles. The molecule has 0 unspecified atom stereocenters. The van der Waals surface area contributed by atoms with Gasteiger partial charge < -0.3 is 4.74 Å². The predicted molar refractivity (Wildman–Crippen MR) is 146 cm³/mol. The fourth-order valence-corrected chi connectivity index (χ4v) is 4.81. The van der Waals surface area contributed by atoms with Gasteiger partial charge in [0.25, 0.3) is 0 Å². The minimum Gasteiger partial charge on any atom is -0.424 e. The van der Waals surface area contributed by atoms with E-state index in [0.29, 0.717) is 11.6 Å². The third kappa shape index (κ3) is 7.47. The van der Waals surface area contributed by atoms with Gasteiger partial charge in [0.1, 0.15) is 23.0 Å². The van der Waals surface area contributed by atoms with E-state index in [1.54, 1.807) is 6.07 Å². The van der Waals surface area contributed by atoms with Crippen molar-refractivity contribution in [3.05, 3.63) is 112 Å². The summed E-state index contributed by atoms with van der Waals surface area (Å²) in [4.78, 5) is 0. The van der Waals surface area contributed by atoms with Crippen LogP contribution in [0.25, 0.3) is 22.3 Å². The zero-order chi connectivity index (χ0) is 31.5. The van der Waals surface area contributed by atoms with Crippen LogP contribution in [0, 0.1) is 23.3 Å². The van der Waals surface area contributed by atoms with Crippen molar-refractivity contribution < 1.29 is 44.3 Å². The Morgan fingerprint density at radius 2 is 1.26 bits per heavy atom. The Morgan fingerprint density at radius 3 is 1.81 bits per heavy atom. The molecule has 43 heavy (non-hydrogen) atoms. The summed E-state index contributed by atoms with van der Waals surface area (Å²) in [5.74, 6) is -8.13. The van der Waals surface area contributed by atoms with Gasteiger partial charge in [-0.15, -0.1) is 0 Å². The molecule has 228 valence electrons. The van der Waals surface area contributed by atoms with E-state index in [4.69, 9.17) is 11.6 Å². The molecule has 1 nitrogen and oxygen atoms in total. The second kappa shape index (κ2) is 12.9. The minimum absolute atomic E-state index is 0.109. The van der Waals surface area contributed by atoms with E-state index in [0.717, 1.165) is 42.9 Å². The molecule has 0 atom stereocenters. The highest BCUT2D eigenvalue weighted by Crippen LogP contribution is 2.42. The van der Waals surface area contributed by atoms with Gasteiger partial charge in [-0.05, 0) is 65.4 Å². The zero-order valence-corrected chi connectivity index (χ0v) is 23.3. The first-order valence-corrected chi connectivity index (χ1v) is 13.6. The summed E-state index contributed by atoms with van der Waals surface area (Å²) in [6.07, 6.45) is -4.72. The Kier molecular flexibility index (Phi) is 9.69. The summed E-state index contributed by atoms with van der Waals surface area (Å²) in [6, 6.07) is 12.9. The molecule has 0 aromatic heterocycles. The molecule has 0 aliphatic rings. The lowest BCUT2D eigenvalue weighted by atomic mass is 9.98. The number of unbranched alkanes of at least 4 members (excludes halogenated alkanes) is 3. The smallest absolute Gasteiger partial charge is 0.424 e. The van der Waals surface area contributed by atoms with E-state index in [1.165, 1.54) is 18.6 Å². The van der Waals surface area contributed by atoms with Crippen LogP contribution < -0.4 is 4.74 Å². The lowest BCUT2D eigenvalue weighted by molar-refractivity contribution is -0.187. The molecule has 0 saturated carbocycles. The van der Waals surface area contributed by atoms with Crippen molar-refractivity contribution in [2.45, 2.75) is 51.3 Å². The maximum absolute atomic E-state index is 15.1. The van der Waals surface area contributed by atoms with E-state index in [1.807, 2.05) is 24.3 Å². The van der Waals surface area contributed by atoms with Crippen molar-refractivity contribution >= 4 is 11.6 Å². The van der Waals surface area contributed by atoms with Gasteiger partial charge >= 0.3 is 12.3 Å². The average Bonchev–Trinajstić information content (AvgIpc) is 2.92. The molecular formula is C32H24ClF9O. The van der Waals surface area contributed by atoms with Crippen LogP contribution in [-0.4, -0.2) is 0 Å². The third-order valence-electron chi connectivity index (χ3n) is 6.78. The lowest BCUT2D eigenvalue weighted by Gasteiger charge is -2.21. The predicted octanol–water partition coefficient (Wildman–Crippen LogP) is 11.5. The standard InChI is InChI=1S/C32H24ClF9O/c1-2-3-4-5-6-18-7-9-19(10-8-18)20-11-12-23(25(34)14-20)21-13-24(33)30(28(37)15-21)43-32(41,42)22-16-26(35)29(27(36)17-22)31(38,39)40/h7-17H,2-6H2,1H3. The van der Waals surface area contributed by atoms with Crippen LogP contribution in [0.2, 0.25) is 5.02 Å². The summed E-state index contributed by atoms with van der Waals surface area (Å²) in [5, 5.41) is -0.750. The van der Waals surface area contributed by atoms with Crippen molar-refractivity contribution in [1.82, 2.24) is 0 Å². The second-order valence-corrected chi connectivity index (χ2v) is 10.3. The number of alkyl halides is 5. The Labute approximate surface area is 246 Å². The molecule has 0 spiro atoms. The van der Waals surface area contributed by atoms with E-state index in [9.17, 15) is 35.1 Å². The highest BCUT2D eigenvalue weighted by Gasteiger charge is 2.42. The molecule has 0 aliphatic heterocycles. The fourth-order valence-electron chi connectivity index (χ4n) is 4.56. The van der Waals surface area contributed by atoms with Crippen molar-refractivity contribution in [2.75, 3.05) is 0 Å². The third-order valence-corrected chi connectivity index (χ3v) is 7.06. The summed E-state index contributed by atoms with van der Waals surface area (Å²) < 4.78 is 130. The molecule has 11 heteroatoms. The maximum atomic E-state index is 15.1. The van der Waals surface area contributed by atoms with Gasteiger partial charge in [-0.2, -0.15) is 22.0 Å². The van der Waals surface area contributed by atoms with Gasteiger partial charge in [0, 0.05) is 5.56 Å². The van der Waals surface area contributed by atoms with Crippen LogP contribution in [0.1, 0.15) is 49.3 Å². The number of aryl methyl sites for hydroxylation is 1. The molecule has 4 aromatic rings. The number of hydrogen-bond acceptors (Lipinski definition) is 1. The summed E-state index contributed by atoms with van der Waals surface area (Å²) >= 11 is 5.96. The van der Waals surface area contributed by atoms with Crippen molar-refractivity contribution in [3.63, 3.8) is 0 Å². The molecule has 4 rings (SSSR count). The topological polar surface area (TPSA) is 9.23 Å². The van der Waals surface area contributed by atoms with Gasteiger partial charge in [-0.25, -0.2) is 17.6 Å². The number of benzene rings is 4. The van der Waals surface area contributed by atoms with Gasteiger partial charge in [0.15, 0.2) is 11.6 Å². The minimum atomic E-state index is -5.49. The highest BCUT2D eigenvalue weighted by atomic mass is 35.5. The van der Waals surface area contributed by atoms with Crippen molar-refractivity contribution in [2.24, 2.45) is 0 Å². The first-order chi connectivity index (χ1) is 20.2. The van der Waals surface area contributed by atoms with Crippen LogP contribution >= 0.6 is 11.6 Å². The molecule has 0 saturated heterocycles.